The second-order valence-electron chi connectivity index (χ2n) is 3.89. The zero-order valence-electron chi connectivity index (χ0n) is 10.5. The fourth-order valence-electron chi connectivity index (χ4n) is 1.60. The lowest BCUT2D eigenvalue weighted by molar-refractivity contribution is 0.316. The van der Waals surface area contributed by atoms with Crippen molar-refractivity contribution >= 4 is 23.1 Å². The number of methoxy groups -OCH3 is 1. The molecule has 0 aliphatic rings. The van der Waals surface area contributed by atoms with Crippen LogP contribution < -0.4 is 15.8 Å². The highest BCUT2D eigenvalue weighted by molar-refractivity contribution is 6.30. The number of nitrogens with one attached hydrogen (secondary N) is 1. The van der Waals surface area contributed by atoms with Crippen LogP contribution >= 0.6 is 11.6 Å². The maximum absolute atomic E-state index is 8.58. The van der Waals surface area contributed by atoms with Crippen LogP contribution in [0, 0.1) is 0 Å². The molecule has 18 heavy (non-hydrogen) atoms. The predicted octanol–water partition coefficient (Wildman–Crippen LogP) is 2.68. The topological polar surface area (TPSA) is 79.9 Å². The summed E-state index contributed by atoms with van der Waals surface area (Å²) < 4.78 is 5.25. The van der Waals surface area contributed by atoms with Gasteiger partial charge >= 0.3 is 0 Å². The van der Waals surface area contributed by atoms with Gasteiger partial charge in [-0.15, -0.1) is 0 Å². The molecular weight excluding hydrogens is 254 g/mol. The zero-order valence-corrected chi connectivity index (χ0v) is 11.2. The Kier molecular flexibility index (Phi) is 5.58. The maximum atomic E-state index is 8.58. The Bertz CT molecular complexity index is 424. The van der Waals surface area contributed by atoms with Crippen LogP contribution in [0.4, 0.5) is 5.69 Å². The molecule has 1 atom stereocenters. The van der Waals surface area contributed by atoms with Crippen molar-refractivity contribution in [3.05, 3.63) is 23.2 Å². The molecule has 0 amide bonds. The summed E-state index contributed by atoms with van der Waals surface area (Å²) in [5.41, 5.74) is 6.30. The molecule has 1 aromatic rings. The molecule has 0 radical (unpaired) electrons. The van der Waals surface area contributed by atoms with Gasteiger partial charge in [-0.05, 0) is 24.6 Å². The van der Waals surface area contributed by atoms with Gasteiger partial charge in [0.25, 0.3) is 0 Å². The van der Waals surface area contributed by atoms with E-state index in [4.69, 9.17) is 27.3 Å². The highest BCUT2D eigenvalue weighted by Crippen LogP contribution is 2.28. The average molecular weight is 272 g/mol. The molecule has 1 unspecified atom stereocenters. The van der Waals surface area contributed by atoms with E-state index in [1.807, 2.05) is 6.92 Å². The normalized spacial score (nSPS) is 13.2. The van der Waals surface area contributed by atoms with E-state index in [9.17, 15) is 0 Å². The van der Waals surface area contributed by atoms with Gasteiger partial charge in [0.1, 0.15) is 11.6 Å². The maximum Gasteiger partial charge on any atom is 0.142 e. The van der Waals surface area contributed by atoms with Crippen molar-refractivity contribution in [1.82, 2.24) is 0 Å². The van der Waals surface area contributed by atoms with E-state index in [1.54, 1.807) is 25.3 Å². The van der Waals surface area contributed by atoms with E-state index in [-0.39, 0.29) is 11.9 Å². The first-order valence-corrected chi connectivity index (χ1v) is 6.05. The molecule has 1 rings (SSSR count). The number of nitrogens with two attached hydrogens (primary N) is 1. The first kappa shape index (κ1) is 14.4. The number of hydrogen-bond donors (Lipinski definition) is 3. The highest BCUT2D eigenvalue weighted by Gasteiger charge is 2.12. The number of oxime groups is 1. The minimum Gasteiger partial charge on any atom is -0.495 e. The Morgan fingerprint density at radius 3 is 2.89 bits per heavy atom. The van der Waals surface area contributed by atoms with Gasteiger partial charge in [-0.25, -0.2) is 0 Å². The molecule has 0 saturated heterocycles. The quantitative estimate of drug-likeness (QED) is 0.322. The molecule has 0 spiro atoms. The van der Waals surface area contributed by atoms with Crippen LogP contribution in [0.5, 0.6) is 5.75 Å². The lowest BCUT2D eigenvalue weighted by Crippen LogP contribution is -2.26. The van der Waals surface area contributed by atoms with Gasteiger partial charge in [-0.2, -0.15) is 0 Å². The van der Waals surface area contributed by atoms with E-state index in [1.165, 1.54) is 0 Å². The third-order valence-electron chi connectivity index (χ3n) is 2.60. The predicted molar refractivity (Wildman–Crippen MR) is 73.7 cm³/mol. The van der Waals surface area contributed by atoms with Gasteiger partial charge in [-0.1, -0.05) is 23.7 Å². The fourth-order valence-corrected chi connectivity index (χ4v) is 1.78. The molecule has 0 aliphatic carbocycles. The molecule has 100 valence electrons. The fraction of sp³-hybridized carbons (Fsp3) is 0.417. The molecule has 1 aromatic carbocycles. The van der Waals surface area contributed by atoms with Gasteiger partial charge in [0.15, 0.2) is 0 Å². The molecule has 0 aliphatic heterocycles. The number of benzene rings is 1. The summed E-state index contributed by atoms with van der Waals surface area (Å²) in [6.07, 6.45) is 1.27. The van der Waals surface area contributed by atoms with E-state index >= 15 is 0 Å². The van der Waals surface area contributed by atoms with Crippen molar-refractivity contribution in [2.45, 2.75) is 25.8 Å². The molecule has 0 saturated carbocycles. The van der Waals surface area contributed by atoms with Crippen LogP contribution in [-0.2, 0) is 0 Å². The number of hydrogen-bond acceptors (Lipinski definition) is 4. The van der Waals surface area contributed by atoms with Gasteiger partial charge in [0.05, 0.1) is 12.8 Å². The Labute approximate surface area is 112 Å². The van der Waals surface area contributed by atoms with Gasteiger partial charge < -0.3 is 21.0 Å². The summed E-state index contributed by atoms with van der Waals surface area (Å²) >= 11 is 5.95. The van der Waals surface area contributed by atoms with E-state index in [0.29, 0.717) is 17.2 Å². The third-order valence-corrected chi connectivity index (χ3v) is 2.83. The van der Waals surface area contributed by atoms with Crippen molar-refractivity contribution < 1.29 is 9.94 Å². The summed E-state index contributed by atoms with van der Waals surface area (Å²) in [6, 6.07) is 5.39. The largest absolute Gasteiger partial charge is 0.495 e. The van der Waals surface area contributed by atoms with Gasteiger partial charge in [0.2, 0.25) is 0 Å². The summed E-state index contributed by atoms with van der Waals surface area (Å²) in [5, 5.41) is 15.4. The second-order valence-corrected chi connectivity index (χ2v) is 4.33. The van der Waals surface area contributed by atoms with Crippen molar-refractivity contribution in [2.75, 3.05) is 12.4 Å². The number of halogens is 1. The molecule has 5 nitrogen and oxygen atoms in total. The van der Waals surface area contributed by atoms with Crippen LogP contribution in [0.15, 0.2) is 23.4 Å². The molecule has 4 N–H and O–H groups in total. The molecular formula is C12H18ClN3O2. The molecule has 0 fully saturated rings. The number of nitrogens with zero attached hydrogens (tertiary/aromatic N) is 1. The Hall–Kier alpha value is -1.62. The second kappa shape index (κ2) is 6.96. The first-order valence-electron chi connectivity index (χ1n) is 5.67. The lowest BCUT2D eigenvalue weighted by atomic mass is 10.1. The third kappa shape index (κ3) is 4.00. The number of anilines is 1. The summed E-state index contributed by atoms with van der Waals surface area (Å²) in [7, 11) is 1.60. The van der Waals surface area contributed by atoms with Crippen molar-refractivity contribution in [1.29, 1.82) is 0 Å². The molecule has 0 aromatic heterocycles. The van der Waals surface area contributed by atoms with Crippen LogP contribution in [0.1, 0.15) is 19.8 Å². The standard InChI is InChI=1S/C12H18ClN3O2/c1-3-9(7-12(14)16-17)15-10-6-8(13)4-5-11(10)18-2/h4-6,9,15,17H,3,7H2,1-2H3,(H2,14,16). The van der Waals surface area contributed by atoms with Crippen LogP contribution in [0.3, 0.4) is 0 Å². The van der Waals surface area contributed by atoms with Gasteiger partial charge in [0, 0.05) is 17.5 Å². The molecule has 0 bridgehead atoms. The lowest BCUT2D eigenvalue weighted by Gasteiger charge is -2.19. The van der Waals surface area contributed by atoms with Crippen LogP contribution in [-0.4, -0.2) is 24.2 Å². The molecule has 6 heteroatoms. The smallest absolute Gasteiger partial charge is 0.142 e. The first-order chi connectivity index (χ1) is 8.60. The minimum absolute atomic E-state index is 0.0493. The monoisotopic (exact) mass is 271 g/mol. The highest BCUT2D eigenvalue weighted by atomic mass is 35.5. The van der Waals surface area contributed by atoms with E-state index < -0.39 is 0 Å². The van der Waals surface area contributed by atoms with Gasteiger partial charge in [-0.3, -0.25) is 0 Å². The Balaban J connectivity index is 2.83. The summed E-state index contributed by atoms with van der Waals surface area (Å²) in [6.45, 7) is 2.01. The summed E-state index contributed by atoms with van der Waals surface area (Å²) in [5.74, 6) is 0.896. The number of ether oxygens (including phenoxy) is 1. The van der Waals surface area contributed by atoms with Crippen molar-refractivity contribution in [2.24, 2.45) is 10.9 Å². The zero-order chi connectivity index (χ0) is 13.5. The van der Waals surface area contributed by atoms with Crippen LogP contribution in [0.2, 0.25) is 5.02 Å². The SMILES string of the molecule is CCC(C/C(N)=N/O)Nc1cc(Cl)ccc1OC. The van der Waals surface area contributed by atoms with E-state index in [2.05, 4.69) is 10.5 Å². The summed E-state index contributed by atoms with van der Waals surface area (Å²) in [4.78, 5) is 0. The Morgan fingerprint density at radius 1 is 1.61 bits per heavy atom. The number of rotatable bonds is 6. The van der Waals surface area contributed by atoms with Crippen molar-refractivity contribution in [3.8, 4) is 5.75 Å². The molecule has 0 heterocycles. The van der Waals surface area contributed by atoms with E-state index in [0.717, 1.165) is 12.1 Å². The van der Waals surface area contributed by atoms with Crippen molar-refractivity contribution in [3.63, 3.8) is 0 Å². The Morgan fingerprint density at radius 2 is 2.33 bits per heavy atom. The number of amidine groups is 1. The van der Waals surface area contributed by atoms with Crippen LogP contribution in [0.25, 0.3) is 0 Å². The minimum atomic E-state index is 0.0493. The average Bonchev–Trinajstić information content (AvgIpc) is 2.38.